The molecule has 0 saturated heterocycles. The Morgan fingerprint density at radius 1 is 1.00 bits per heavy atom. The molecule has 0 nitrogen and oxygen atoms in total. The van der Waals surface area contributed by atoms with E-state index < -0.39 is 0 Å². The second-order valence-electron chi connectivity index (χ2n) is 4.46. The molecule has 1 atom stereocenters. The maximum absolute atomic E-state index is 2.86. The van der Waals surface area contributed by atoms with Gasteiger partial charge in [-0.15, -0.1) is 26.2 Å². The minimum Gasteiger partial charge on any atom is -0.114 e. The second kappa shape index (κ2) is 7.45. The summed E-state index contributed by atoms with van der Waals surface area (Å²) in [5.41, 5.74) is 5.93. The summed E-state index contributed by atoms with van der Waals surface area (Å²) < 4.78 is 0. The van der Waals surface area contributed by atoms with E-state index in [0.29, 0.717) is 0 Å². The van der Waals surface area contributed by atoms with Gasteiger partial charge in [-0.05, 0) is 61.2 Å². The van der Waals surface area contributed by atoms with E-state index in [-0.39, 0.29) is 17.0 Å². The highest BCUT2D eigenvalue weighted by Gasteiger charge is 2.06. The smallest absolute Gasteiger partial charge is 0.0268 e. The van der Waals surface area contributed by atoms with Crippen LogP contribution in [0.1, 0.15) is 48.4 Å². The van der Waals surface area contributed by atoms with Crippen LogP contribution < -0.4 is 5.30 Å². The molecule has 0 aliphatic rings. The molecule has 1 aromatic rings. The van der Waals surface area contributed by atoms with E-state index in [0.717, 1.165) is 0 Å². The first-order valence-electron chi connectivity index (χ1n) is 5.93. The molecular formula is C14H24BrP. The third-order valence-electron chi connectivity index (χ3n) is 3.42. The van der Waals surface area contributed by atoms with Gasteiger partial charge in [0.05, 0.1) is 0 Å². The first-order chi connectivity index (χ1) is 7.07. The number of hydrogen-bond donors (Lipinski definition) is 0. The zero-order chi connectivity index (χ0) is 11.4. The predicted molar refractivity (Wildman–Crippen MR) is 83.5 cm³/mol. The number of benzene rings is 1. The van der Waals surface area contributed by atoms with Crippen molar-refractivity contribution in [3.63, 3.8) is 0 Å². The van der Waals surface area contributed by atoms with Crippen LogP contribution in [0.25, 0.3) is 0 Å². The SMILES string of the molecule is Br.CCCCCc1cc(P)c(C)c(C)c1C. The summed E-state index contributed by atoms with van der Waals surface area (Å²) in [6.45, 7) is 8.96. The molecule has 92 valence electrons. The Hall–Kier alpha value is 0.130. The third-order valence-corrected chi connectivity index (χ3v) is 4.02. The molecule has 0 bridgehead atoms. The number of aryl methyl sites for hydroxylation is 1. The van der Waals surface area contributed by atoms with Gasteiger partial charge in [0.2, 0.25) is 0 Å². The lowest BCUT2D eigenvalue weighted by Crippen LogP contribution is -2.06. The summed E-state index contributed by atoms with van der Waals surface area (Å²) in [7, 11) is 2.86. The van der Waals surface area contributed by atoms with E-state index in [1.54, 1.807) is 0 Å². The number of halogens is 1. The zero-order valence-electron chi connectivity index (χ0n) is 10.9. The van der Waals surface area contributed by atoms with Crippen LogP contribution in [0.2, 0.25) is 0 Å². The molecular weight excluding hydrogens is 279 g/mol. The highest BCUT2D eigenvalue weighted by Crippen LogP contribution is 2.19. The summed E-state index contributed by atoms with van der Waals surface area (Å²) in [4.78, 5) is 0. The van der Waals surface area contributed by atoms with Crippen molar-refractivity contribution in [3.8, 4) is 0 Å². The summed E-state index contributed by atoms with van der Waals surface area (Å²) in [5, 5.41) is 1.37. The molecule has 0 spiro atoms. The summed E-state index contributed by atoms with van der Waals surface area (Å²) in [5.74, 6) is 0. The van der Waals surface area contributed by atoms with Gasteiger partial charge >= 0.3 is 0 Å². The van der Waals surface area contributed by atoms with Crippen molar-refractivity contribution in [2.45, 2.75) is 53.4 Å². The highest BCUT2D eigenvalue weighted by molar-refractivity contribution is 8.93. The van der Waals surface area contributed by atoms with Crippen LogP contribution in [-0.4, -0.2) is 0 Å². The fourth-order valence-corrected chi connectivity index (χ4v) is 2.39. The minimum atomic E-state index is 0. The summed E-state index contributed by atoms with van der Waals surface area (Å²) >= 11 is 0. The standard InChI is InChI=1S/C14H23P.BrH/c1-5-6-7-8-13-9-14(15)12(4)10(2)11(13)3;/h9H,5-8,15H2,1-4H3;1H. The normalized spacial score (nSPS) is 10.1. The molecule has 0 amide bonds. The molecule has 0 N–H and O–H groups in total. The summed E-state index contributed by atoms with van der Waals surface area (Å²) in [6.07, 6.45) is 5.21. The Morgan fingerprint density at radius 2 is 1.62 bits per heavy atom. The molecule has 0 fully saturated rings. The number of rotatable bonds is 4. The fraction of sp³-hybridized carbons (Fsp3) is 0.571. The van der Waals surface area contributed by atoms with Crippen LogP contribution in [0.15, 0.2) is 6.07 Å². The Kier molecular flexibility index (Phi) is 7.52. The predicted octanol–water partition coefficient (Wildman–Crippen LogP) is 4.42. The van der Waals surface area contributed by atoms with Crippen LogP contribution in [0.4, 0.5) is 0 Å². The van der Waals surface area contributed by atoms with Gasteiger partial charge in [-0.25, -0.2) is 0 Å². The molecule has 0 heterocycles. The summed E-state index contributed by atoms with van der Waals surface area (Å²) in [6, 6.07) is 2.35. The molecule has 0 aliphatic carbocycles. The van der Waals surface area contributed by atoms with Gasteiger partial charge in [0.1, 0.15) is 0 Å². The molecule has 0 aliphatic heterocycles. The first-order valence-corrected chi connectivity index (χ1v) is 6.50. The van der Waals surface area contributed by atoms with Crippen molar-refractivity contribution in [1.29, 1.82) is 0 Å². The van der Waals surface area contributed by atoms with Crippen molar-refractivity contribution in [1.82, 2.24) is 0 Å². The van der Waals surface area contributed by atoms with Gasteiger partial charge in [-0.1, -0.05) is 25.8 Å². The van der Waals surface area contributed by atoms with Crippen molar-refractivity contribution in [3.05, 3.63) is 28.3 Å². The molecule has 0 saturated carbocycles. The van der Waals surface area contributed by atoms with E-state index in [2.05, 4.69) is 43.0 Å². The largest absolute Gasteiger partial charge is 0.114 e. The minimum absolute atomic E-state index is 0. The van der Waals surface area contributed by atoms with E-state index >= 15 is 0 Å². The maximum atomic E-state index is 2.86. The second-order valence-corrected chi connectivity index (χ2v) is 5.08. The molecule has 16 heavy (non-hydrogen) atoms. The number of hydrogen-bond acceptors (Lipinski definition) is 0. The molecule has 1 aromatic carbocycles. The lowest BCUT2D eigenvalue weighted by Gasteiger charge is -2.13. The topological polar surface area (TPSA) is 0 Å². The average molecular weight is 303 g/mol. The average Bonchev–Trinajstić information content (AvgIpc) is 2.23. The van der Waals surface area contributed by atoms with E-state index in [9.17, 15) is 0 Å². The highest BCUT2D eigenvalue weighted by atomic mass is 79.9. The molecule has 1 unspecified atom stereocenters. The van der Waals surface area contributed by atoms with E-state index in [4.69, 9.17) is 0 Å². The third kappa shape index (κ3) is 3.86. The van der Waals surface area contributed by atoms with Crippen molar-refractivity contribution in [2.24, 2.45) is 0 Å². The van der Waals surface area contributed by atoms with Crippen LogP contribution in [0, 0.1) is 20.8 Å². The molecule has 0 radical (unpaired) electrons. The first kappa shape index (κ1) is 16.1. The van der Waals surface area contributed by atoms with Crippen LogP contribution >= 0.6 is 26.2 Å². The monoisotopic (exact) mass is 302 g/mol. The van der Waals surface area contributed by atoms with Gasteiger partial charge in [0.25, 0.3) is 0 Å². The Morgan fingerprint density at radius 3 is 2.19 bits per heavy atom. The molecule has 0 aromatic heterocycles. The van der Waals surface area contributed by atoms with Gasteiger partial charge in [-0.2, -0.15) is 0 Å². The fourth-order valence-electron chi connectivity index (χ4n) is 1.97. The van der Waals surface area contributed by atoms with Gasteiger partial charge in [0.15, 0.2) is 0 Å². The lowest BCUT2D eigenvalue weighted by atomic mass is 9.95. The van der Waals surface area contributed by atoms with Crippen LogP contribution in [0.5, 0.6) is 0 Å². The Balaban J connectivity index is 0.00000225. The van der Waals surface area contributed by atoms with Crippen molar-refractivity contribution < 1.29 is 0 Å². The van der Waals surface area contributed by atoms with Gasteiger partial charge < -0.3 is 0 Å². The van der Waals surface area contributed by atoms with Crippen molar-refractivity contribution >= 4 is 31.5 Å². The quantitative estimate of drug-likeness (QED) is 0.570. The van der Waals surface area contributed by atoms with E-state index in [1.807, 2.05) is 0 Å². The van der Waals surface area contributed by atoms with Gasteiger partial charge in [0, 0.05) is 0 Å². The van der Waals surface area contributed by atoms with Crippen LogP contribution in [-0.2, 0) is 6.42 Å². The molecule has 2 heteroatoms. The lowest BCUT2D eigenvalue weighted by molar-refractivity contribution is 0.715. The van der Waals surface area contributed by atoms with Gasteiger partial charge in [-0.3, -0.25) is 0 Å². The maximum Gasteiger partial charge on any atom is -0.0268 e. The van der Waals surface area contributed by atoms with Crippen molar-refractivity contribution in [2.75, 3.05) is 0 Å². The molecule has 1 rings (SSSR count). The zero-order valence-corrected chi connectivity index (χ0v) is 13.8. The number of unbranched alkanes of at least 4 members (excludes halogenated alkanes) is 2. The Labute approximate surface area is 113 Å². The van der Waals surface area contributed by atoms with Crippen LogP contribution in [0.3, 0.4) is 0 Å². The van der Waals surface area contributed by atoms with E-state index in [1.165, 1.54) is 53.2 Å². The Bertz CT molecular complexity index is 345.